The van der Waals surface area contributed by atoms with Crippen molar-refractivity contribution in [1.29, 1.82) is 0 Å². The number of Topliss-reactive ketones (excluding diaryl/α,β-unsaturated/α-hetero) is 1. The number of nitrogens with one attached hydrogen (secondary N) is 1. The Morgan fingerprint density at radius 3 is 2.29 bits per heavy atom. The number of carbonyl (C=O) groups excluding carboxylic acids is 1. The zero-order valence-electron chi connectivity index (χ0n) is 13.7. The highest BCUT2D eigenvalue weighted by molar-refractivity contribution is 6.02. The fourth-order valence-electron chi connectivity index (χ4n) is 2.19. The fourth-order valence-corrected chi connectivity index (χ4v) is 2.19. The van der Waals surface area contributed by atoms with Crippen molar-refractivity contribution >= 4 is 22.4 Å². The van der Waals surface area contributed by atoms with Crippen LogP contribution >= 0.6 is 0 Å². The molecule has 1 heterocycles. The number of pyridine rings is 1. The normalized spacial score (nSPS) is 12.5. The molecule has 2 aromatic rings. The van der Waals surface area contributed by atoms with Crippen molar-refractivity contribution in [2.24, 2.45) is 5.41 Å². The lowest BCUT2D eigenvalue weighted by Crippen LogP contribution is -2.25. The van der Waals surface area contributed by atoms with Gasteiger partial charge in [0.2, 0.25) is 0 Å². The van der Waals surface area contributed by atoms with E-state index in [4.69, 9.17) is 0 Å². The summed E-state index contributed by atoms with van der Waals surface area (Å²) in [5.74, 6) is 0.119. The number of nitrogens with zero attached hydrogens (tertiary/aromatic N) is 1. The summed E-state index contributed by atoms with van der Waals surface area (Å²) in [5, 5.41) is 4.42. The molecule has 1 aromatic heterocycles. The maximum absolute atomic E-state index is 12.3. The summed E-state index contributed by atoms with van der Waals surface area (Å²) < 4.78 is 0. The number of aromatic nitrogens is 1. The van der Waals surface area contributed by atoms with Gasteiger partial charge in [-0.15, -0.1) is 0 Å². The van der Waals surface area contributed by atoms with Crippen LogP contribution in [0.4, 0.5) is 5.69 Å². The van der Waals surface area contributed by atoms with Crippen LogP contribution in [0.25, 0.3) is 10.9 Å². The van der Waals surface area contributed by atoms with Gasteiger partial charge < -0.3 is 5.32 Å². The van der Waals surface area contributed by atoms with Gasteiger partial charge in [-0.25, -0.2) is 0 Å². The first-order valence-electron chi connectivity index (χ1n) is 7.29. The Kier molecular flexibility index (Phi) is 3.79. The fraction of sp³-hybridized carbons (Fsp3) is 0.444. The molecule has 0 amide bonds. The monoisotopic (exact) mass is 284 g/mol. The van der Waals surface area contributed by atoms with Crippen molar-refractivity contribution in [2.45, 2.75) is 47.1 Å². The van der Waals surface area contributed by atoms with Gasteiger partial charge in [0, 0.05) is 33.8 Å². The van der Waals surface area contributed by atoms with E-state index in [1.807, 2.05) is 45.0 Å². The number of ketones is 1. The minimum Gasteiger partial charge on any atom is -0.380 e. The van der Waals surface area contributed by atoms with E-state index < -0.39 is 0 Å². The maximum atomic E-state index is 12.3. The maximum Gasteiger partial charge on any atom is 0.169 e. The van der Waals surface area contributed by atoms with Gasteiger partial charge in [0.1, 0.15) is 0 Å². The molecule has 0 fully saturated rings. The van der Waals surface area contributed by atoms with Crippen molar-refractivity contribution in [3.8, 4) is 0 Å². The van der Waals surface area contributed by atoms with Crippen LogP contribution in [0.1, 0.15) is 51.9 Å². The van der Waals surface area contributed by atoms with Crippen LogP contribution < -0.4 is 5.32 Å². The predicted octanol–water partition coefficient (Wildman–Crippen LogP) is 4.67. The third kappa shape index (κ3) is 3.81. The van der Waals surface area contributed by atoms with E-state index in [-0.39, 0.29) is 16.7 Å². The number of carbonyl (C=O) groups is 1. The molecular weight excluding hydrogens is 260 g/mol. The largest absolute Gasteiger partial charge is 0.380 e. The van der Waals surface area contributed by atoms with Crippen LogP contribution in [0.2, 0.25) is 0 Å². The highest BCUT2D eigenvalue weighted by atomic mass is 16.1. The van der Waals surface area contributed by atoms with Gasteiger partial charge in [-0.3, -0.25) is 9.78 Å². The van der Waals surface area contributed by atoms with Crippen molar-refractivity contribution < 1.29 is 4.79 Å². The lowest BCUT2D eigenvalue weighted by molar-refractivity contribution is 0.0858. The summed E-state index contributed by atoms with van der Waals surface area (Å²) in [7, 11) is 0. The average molecular weight is 284 g/mol. The second kappa shape index (κ2) is 5.14. The number of hydrogen-bond donors (Lipinski definition) is 1. The summed E-state index contributed by atoms with van der Waals surface area (Å²) in [6, 6.07) is 7.99. The molecular formula is C18H24N2O. The number of hydrogen-bond acceptors (Lipinski definition) is 3. The van der Waals surface area contributed by atoms with Crippen LogP contribution in [-0.4, -0.2) is 16.3 Å². The van der Waals surface area contributed by atoms with Crippen molar-refractivity contribution in [3.63, 3.8) is 0 Å². The average Bonchev–Trinajstić information content (AvgIpc) is 2.34. The number of rotatable bonds is 2. The van der Waals surface area contributed by atoms with E-state index in [0.717, 1.165) is 16.6 Å². The molecule has 0 radical (unpaired) electrons. The molecule has 0 bridgehead atoms. The Morgan fingerprint density at radius 1 is 1.05 bits per heavy atom. The third-order valence-electron chi connectivity index (χ3n) is 3.15. The standard InChI is InChI=1S/C18H24N2O/c1-17(2,3)16(21)13-9-12-7-8-14(20-18(4,5)6)10-15(12)19-11-13/h7-11,20H,1-6H3. The summed E-state index contributed by atoms with van der Waals surface area (Å²) in [6.07, 6.45) is 1.68. The number of fused-ring (bicyclic) bond motifs is 1. The summed E-state index contributed by atoms with van der Waals surface area (Å²) in [5.41, 5.74) is 2.23. The minimum atomic E-state index is -0.386. The highest BCUT2D eigenvalue weighted by Crippen LogP contribution is 2.25. The van der Waals surface area contributed by atoms with E-state index in [1.54, 1.807) is 6.20 Å². The Labute approximate surface area is 126 Å². The van der Waals surface area contributed by atoms with E-state index in [9.17, 15) is 4.79 Å². The van der Waals surface area contributed by atoms with Gasteiger partial charge in [0.15, 0.2) is 5.78 Å². The predicted molar refractivity (Wildman–Crippen MR) is 88.9 cm³/mol. The smallest absolute Gasteiger partial charge is 0.169 e. The minimum absolute atomic E-state index is 0.00974. The first kappa shape index (κ1) is 15.5. The first-order valence-corrected chi connectivity index (χ1v) is 7.29. The van der Waals surface area contributed by atoms with Crippen LogP contribution in [0.3, 0.4) is 0 Å². The summed E-state index contributed by atoms with van der Waals surface area (Å²) in [4.78, 5) is 16.8. The van der Waals surface area contributed by atoms with Gasteiger partial charge in [0.25, 0.3) is 0 Å². The molecule has 3 heteroatoms. The van der Waals surface area contributed by atoms with Gasteiger partial charge in [0.05, 0.1) is 5.52 Å². The van der Waals surface area contributed by atoms with Crippen LogP contribution in [0.15, 0.2) is 30.5 Å². The lowest BCUT2D eigenvalue weighted by atomic mass is 9.87. The molecule has 1 N–H and O–H groups in total. The quantitative estimate of drug-likeness (QED) is 0.814. The van der Waals surface area contributed by atoms with Crippen LogP contribution in [0, 0.1) is 5.41 Å². The molecule has 0 atom stereocenters. The number of benzene rings is 1. The van der Waals surface area contributed by atoms with Gasteiger partial charge in [-0.1, -0.05) is 26.8 Å². The van der Waals surface area contributed by atoms with E-state index in [0.29, 0.717) is 5.56 Å². The Bertz CT molecular complexity index is 676. The molecule has 0 aliphatic rings. The second-order valence-electron chi connectivity index (χ2n) is 7.59. The number of anilines is 1. The van der Waals surface area contributed by atoms with Crippen LogP contribution in [-0.2, 0) is 0 Å². The van der Waals surface area contributed by atoms with E-state index in [2.05, 4.69) is 31.1 Å². The molecule has 0 spiro atoms. The lowest BCUT2D eigenvalue weighted by Gasteiger charge is -2.22. The molecule has 112 valence electrons. The SMILES string of the molecule is CC(C)(C)Nc1ccc2cc(C(=O)C(C)(C)C)cnc2c1. The molecule has 21 heavy (non-hydrogen) atoms. The van der Waals surface area contributed by atoms with Crippen molar-refractivity contribution in [3.05, 3.63) is 36.0 Å². The molecule has 0 aliphatic carbocycles. The first-order chi connectivity index (χ1) is 9.56. The van der Waals surface area contributed by atoms with Crippen molar-refractivity contribution in [1.82, 2.24) is 4.98 Å². The topological polar surface area (TPSA) is 42.0 Å². The van der Waals surface area contributed by atoms with E-state index >= 15 is 0 Å². The highest BCUT2D eigenvalue weighted by Gasteiger charge is 2.23. The Balaban J connectivity index is 2.38. The van der Waals surface area contributed by atoms with E-state index in [1.165, 1.54) is 0 Å². The molecule has 0 saturated heterocycles. The summed E-state index contributed by atoms with van der Waals surface area (Å²) >= 11 is 0. The van der Waals surface area contributed by atoms with Gasteiger partial charge in [-0.2, -0.15) is 0 Å². The molecule has 0 saturated carbocycles. The molecule has 0 aliphatic heterocycles. The van der Waals surface area contributed by atoms with Crippen molar-refractivity contribution in [2.75, 3.05) is 5.32 Å². The van der Waals surface area contributed by atoms with Crippen LogP contribution in [0.5, 0.6) is 0 Å². The van der Waals surface area contributed by atoms with Gasteiger partial charge >= 0.3 is 0 Å². The molecule has 3 nitrogen and oxygen atoms in total. The Morgan fingerprint density at radius 2 is 1.71 bits per heavy atom. The Hall–Kier alpha value is -1.90. The molecule has 1 aromatic carbocycles. The molecule has 0 unspecified atom stereocenters. The zero-order chi connectivity index (χ0) is 15.8. The third-order valence-corrected chi connectivity index (χ3v) is 3.15. The zero-order valence-corrected chi connectivity index (χ0v) is 13.7. The second-order valence-corrected chi connectivity index (χ2v) is 7.59. The van der Waals surface area contributed by atoms with Gasteiger partial charge in [-0.05, 0) is 39.0 Å². The summed E-state index contributed by atoms with van der Waals surface area (Å²) in [6.45, 7) is 12.1. The molecule has 2 rings (SSSR count).